The first-order valence-corrected chi connectivity index (χ1v) is 11.5. The Morgan fingerprint density at radius 3 is 2.69 bits per heavy atom. The summed E-state index contributed by atoms with van der Waals surface area (Å²) >= 11 is 1.40. The van der Waals surface area contributed by atoms with Gasteiger partial charge in [-0.15, -0.1) is 0 Å². The number of amides is 1. The molecule has 0 spiro atoms. The van der Waals surface area contributed by atoms with E-state index in [-0.39, 0.29) is 17.9 Å². The van der Waals surface area contributed by atoms with E-state index in [4.69, 9.17) is 9.72 Å². The summed E-state index contributed by atoms with van der Waals surface area (Å²) in [5.74, 6) is 0.805. The van der Waals surface area contributed by atoms with Gasteiger partial charge in [-0.2, -0.15) is 4.98 Å². The van der Waals surface area contributed by atoms with Crippen molar-refractivity contribution in [2.24, 2.45) is 5.92 Å². The molecule has 6 bridgehead atoms. The van der Waals surface area contributed by atoms with Crippen molar-refractivity contribution in [1.82, 2.24) is 15.3 Å². The molecule has 7 nitrogen and oxygen atoms in total. The average molecular weight is 448 g/mol. The molecule has 0 saturated carbocycles. The van der Waals surface area contributed by atoms with Crippen LogP contribution < -0.4 is 20.1 Å². The summed E-state index contributed by atoms with van der Waals surface area (Å²) in [6, 6.07) is 15.8. The zero-order valence-electron chi connectivity index (χ0n) is 18.0. The average Bonchev–Trinajstić information content (AvgIpc) is 2.77. The van der Waals surface area contributed by atoms with Gasteiger partial charge in [0.05, 0.1) is 11.6 Å². The molecule has 1 fully saturated rings. The van der Waals surface area contributed by atoms with Crippen molar-refractivity contribution in [1.29, 1.82) is 0 Å². The molecule has 1 aromatic heterocycles. The van der Waals surface area contributed by atoms with E-state index in [2.05, 4.69) is 46.3 Å². The van der Waals surface area contributed by atoms with Gasteiger partial charge in [0, 0.05) is 35.3 Å². The number of benzene rings is 2. The maximum absolute atomic E-state index is 12.8. The van der Waals surface area contributed by atoms with Gasteiger partial charge < -0.3 is 15.4 Å². The van der Waals surface area contributed by atoms with Gasteiger partial charge in [0.1, 0.15) is 6.10 Å². The van der Waals surface area contributed by atoms with E-state index in [1.54, 1.807) is 0 Å². The van der Waals surface area contributed by atoms with Gasteiger partial charge in [0.25, 0.3) is 0 Å². The highest BCUT2D eigenvalue weighted by Gasteiger charge is 2.29. The van der Waals surface area contributed by atoms with Crippen LogP contribution in [0.4, 0.5) is 11.6 Å². The summed E-state index contributed by atoms with van der Waals surface area (Å²) < 4.78 is 9.52. The molecular weight excluding hydrogens is 422 g/mol. The largest absolute Gasteiger partial charge is 0.473 e. The summed E-state index contributed by atoms with van der Waals surface area (Å²) in [6.45, 7) is 5.46. The fourth-order valence-electron chi connectivity index (χ4n) is 4.23. The highest BCUT2D eigenvalue weighted by Crippen LogP contribution is 2.31. The van der Waals surface area contributed by atoms with Crippen molar-refractivity contribution >= 4 is 29.5 Å². The number of piperidine rings is 1. The van der Waals surface area contributed by atoms with Gasteiger partial charge >= 0.3 is 0 Å². The predicted octanol–water partition coefficient (Wildman–Crippen LogP) is 4.19. The number of fused-ring (bicyclic) bond motifs is 6. The second-order valence-corrected chi connectivity index (χ2v) is 9.11. The maximum Gasteiger partial charge on any atom is 0.237 e. The van der Waals surface area contributed by atoms with E-state index in [9.17, 15) is 4.79 Å². The molecule has 0 unspecified atom stereocenters. The standard InChI is InChI=1S/C24H25N5O2S/c1-14-5-3-6-15(2)22(14)20-11-21-28-24(27-20)29-32-19-8-4-7-17(10-19)26-23(30)16-9-18(31-21)13-25-12-16/h3-8,10-11,16,18,25H,9,12-13H2,1-2H3,(H,26,30)(H,27,28,29)/t16-,18-/m1/s1. The molecular formula is C24H25N5O2S. The van der Waals surface area contributed by atoms with Crippen LogP contribution in [0.15, 0.2) is 53.4 Å². The lowest BCUT2D eigenvalue weighted by Crippen LogP contribution is -2.46. The molecule has 164 valence electrons. The Labute approximate surface area is 191 Å². The lowest BCUT2D eigenvalue weighted by atomic mass is 9.96. The van der Waals surface area contributed by atoms with Crippen LogP contribution in [-0.2, 0) is 4.79 Å². The van der Waals surface area contributed by atoms with Crippen LogP contribution in [0.1, 0.15) is 17.5 Å². The Bertz CT molecular complexity index is 1150. The van der Waals surface area contributed by atoms with E-state index in [1.165, 1.54) is 11.9 Å². The van der Waals surface area contributed by atoms with Crippen molar-refractivity contribution < 1.29 is 9.53 Å². The summed E-state index contributed by atoms with van der Waals surface area (Å²) in [5.41, 5.74) is 4.95. The third kappa shape index (κ3) is 4.42. The Morgan fingerprint density at radius 2 is 1.84 bits per heavy atom. The number of hydrogen-bond acceptors (Lipinski definition) is 7. The summed E-state index contributed by atoms with van der Waals surface area (Å²) in [6.07, 6.45) is 0.466. The van der Waals surface area contributed by atoms with Crippen molar-refractivity contribution in [3.63, 3.8) is 0 Å². The molecule has 3 heterocycles. The number of nitrogens with one attached hydrogen (secondary N) is 3. The molecule has 3 N–H and O–H groups in total. The van der Waals surface area contributed by atoms with E-state index in [1.807, 2.05) is 36.4 Å². The molecule has 1 amide bonds. The number of rotatable bonds is 1. The normalized spacial score (nSPS) is 20.4. The molecule has 32 heavy (non-hydrogen) atoms. The predicted molar refractivity (Wildman–Crippen MR) is 127 cm³/mol. The fourth-order valence-corrected chi connectivity index (χ4v) is 4.86. The van der Waals surface area contributed by atoms with Crippen LogP contribution in [0.5, 0.6) is 5.88 Å². The summed E-state index contributed by atoms with van der Waals surface area (Å²) in [4.78, 5) is 23.2. The zero-order valence-corrected chi connectivity index (χ0v) is 18.8. The van der Waals surface area contributed by atoms with Crippen molar-refractivity contribution in [2.75, 3.05) is 23.1 Å². The first-order chi connectivity index (χ1) is 15.5. The zero-order chi connectivity index (χ0) is 22.1. The first-order valence-electron chi connectivity index (χ1n) is 10.7. The highest BCUT2D eigenvalue weighted by atomic mass is 32.2. The molecule has 2 aliphatic rings. The monoisotopic (exact) mass is 447 g/mol. The van der Waals surface area contributed by atoms with Crippen molar-refractivity contribution in [3.05, 3.63) is 59.7 Å². The molecule has 2 atom stereocenters. The number of ether oxygens (including phenoxy) is 1. The van der Waals surface area contributed by atoms with Crippen molar-refractivity contribution in [2.45, 2.75) is 31.3 Å². The second kappa shape index (κ2) is 8.80. The van der Waals surface area contributed by atoms with Gasteiger partial charge in [0.15, 0.2) is 0 Å². The smallest absolute Gasteiger partial charge is 0.237 e. The third-order valence-corrected chi connectivity index (χ3v) is 6.54. The Morgan fingerprint density at radius 1 is 1.03 bits per heavy atom. The molecule has 0 aliphatic carbocycles. The van der Waals surface area contributed by atoms with Crippen LogP contribution in [0.3, 0.4) is 0 Å². The number of nitrogens with zero attached hydrogens (tertiary/aromatic N) is 2. The number of aromatic nitrogens is 2. The summed E-state index contributed by atoms with van der Waals surface area (Å²) in [7, 11) is 0. The van der Waals surface area contributed by atoms with Gasteiger partial charge in [-0.25, -0.2) is 4.98 Å². The lowest BCUT2D eigenvalue weighted by Gasteiger charge is -2.29. The SMILES string of the molecule is Cc1cccc(C)c1-c1cc2nc(n1)NSc1cccc(c1)NC(=O)[C@H]1CNC[C@@H](C1)O2. The van der Waals surface area contributed by atoms with E-state index < -0.39 is 0 Å². The maximum atomic E-state index is 12.8. The van der Waals surface area contributed by atoms with E-state index in [0.29, 0.717) is 31.3 Å². The third-order valence-electron chi connectivity index (χ3n) is 5.77. The van der Waals surface area contributed by atoms with E-state index >= 15 is 0 Å². The van der Waals surface area contributed by atoms with Crippen LogP contribution in [-0.4, -0.2) is 35.1 Å². The number of carbonyl (C=O) groups is 1. The minimum atomic E-state index is -0.175. The minimum absolute atomic E-state index is 0.00225. The Kier molecular flexibility index (Phi) is 5.71. The molecule has 0 radical (unpaired) electrons. The van der Waals surface area contributed by atoms with Crippen LogP contribution >= 0.6 is 11.9 Å². The topological polar surface area (TPSA) is 88.2 Å². The first kappa shape index (κ1) is 20.8. The number of anilines is 2. The van der Waals surface area contributed by atoms with Crippen molar-refractivity contribution in [3.8, 4) is 17.1 Å². The number of aryl methyl sites for hydroxylation is 2. The molecule has 1 saturated heterocycles. The number of carbonyl (C=O) groups excluding carboxylic acids is 1. The molecule has 2 aliphatic heterocycles. The Balaban J connectivity index is 1.57. The second-order valence-electron chi connectivity index (χ2n) is 8.23. The van der Waals surface area contributed by atoms with Crippen LogP contribution in [0, 0.1) is 19.8 Å². The van der Waals surface area contributed by atoms with Crippen LogP contribution in [0.2, 0.25) is 0 Å². The molecule has 2 aromatic carbocycles. The number of hydrogen-bond donors (Lipinski definition) is 3. The highest BCUT2D eigenvalue weighted by molar-refractivity contribution is 8.00. The fraction of sp³-hybridized carbons (Fsp3) is 0.292. The minimum Gasteiger partial charge on any atom is -0.473 e. The lowest BCUT2D eigenvalue weighted by molar-refractivity contribution is -0.121. The summed E-state index contributed by atoms with van der Waals surface area (Å²) in [5, 5.41) is 6.36. The van der Waals surface area contributed by atoms with Gasteiger partial charge in [0.2, 0.25) is 17.7 Å². The van der Waals surface area contributed by atoms with Gasteiger partial charge in [-0.1, -0.05) is 24.3 Å². The van der Waals surface area contributed by atoms with Gasteiger partial charge in [-0.3, -0.25) is 9.52 Å². The molecule has 8 heteroatoms. The van der Waals surface area contributed by atoms with E-state index in [0.717, 1.165) is 33.0 Å². The van der Waals surface area contributed by atoms with Crippen LogP contribution in [0.25, 0.3) is 11.3 Å². The Hall–Kier alpha value is -3.10. The molecule has 5 rings (SSSR count). The van der Waals surface area contributed by atoms with Gasteiger partial charge in [-0.05, 0) is 61.5 Å². The quantitative estimate of drug-likeness (QED) is 0.482. The molecule has 3 aromatic rings.